The van der Waals surface area contributed by atoms with E-state index in [1.54, 1.807) is 0 Å². The predicted octanol–water partition coefficient (Wildman–Crippen LogP) is 3.85. The number of esters is 1. The van der Waals surface area contributed by atoms with E-state index in [0.29, 0.717) is 0 Å². The SMILES string of the molecule is C=CC(=O)OC(CC)(CCC)CCCC. The smallest absolute Gasteiger partial charge is 0.330 e. The lowest BCUT2D eigenvalue weighted by atomic mass is 9.89. The maximum absolute atomic E-state index is 11.3. The van der Waals surface area contributed by atoms with Crippen LogP contribution in [0.3, 0.4) is 0 Å². The van der Waals surface area contributed by atoms with E-state index in [4.69, 9.17) is 4.74 Å². The van der Waals surface area contributed by atoms with E-state index in [0.717, 1.165) is 38.5 Å². The Hall–Kier alpha value is -0.790. The van der Waals surface area contributed by atoms with Crippen LogP contribution in [-0.4, -0.2) is 11.6 Å². The van der Waals surface area contributed by atoms with Gasteiger partial charge in [-0.25, -0.2) is 4.79 Å². The number of carbonyl (C=O) groups excluding carboxylic acids is 1. The molecule has 2 heteroatoms. The molecule has 1 atom stereocenters. The molecule has 0 aliphatic carbocycles. The Morgan fingerprint density at radius 1 is 1.27 bits per heavy atom. The second-order valence-electron chi connectivity index (χ2n) is 4.02. The molecule has 0 aromatic carbocycles. The van der Waals surface area contributed by atoms with Crippen molar-refractivity contribution in [3.05, 3.63) is 12.7 Å². The third-order valence-corrected chi connectivity index (χ3v) is 2.82. The summed E-state index contributed by atoms with van der Waals surface area (Å²) in [5, 5.41) is 0. The largest absolute Gasteiger partial charge is 0.456 e. The normalized spacial score (nSPS) is 14.3. The first-order chi connectivity index (χ1) is 7.14. The molecule has 0 saturated heterocycles. The van der Waals surface area contributed by atoms with Gasteiger partial charge in [-0.1, -0.05) is 40.2 Å². The molecule has 2 nitrogen and oxygen atoms in total. The molecule has 0 radical (unpaired) electrons. The lowest BCUT2D eigenvalue weighted by molar-refractivity contribution is -0.155. The predicted molar refractivity (Wildman–Crippen MR) is 63.7 cm³/mol. The Bertz CT molecular complexity index is 199. The second kappa shape index (κ2) is 7.49. The topological polar surface area (TPSA) is 26.3 Å². The van der Waals surface area contributed by atoms with Crippen LogP contribution < -0.4 is 0 Å². The van der Waals surface area contributed by atoms with Crippen LogP contribution in [0.15, 0.2) is 12.7 Å². The van der Waals surface area contributed by atoms with Gasteiger partial charge >= 0.3 is 5.97 Å². The van der Waals surface area contributed by atoms with Gasteiger partial charge in [0.2, 0.25) is 0 Å². The number of hydrogen-bond acceptors (Lipinski definition) is 2. The molecule has 15 heavy (non-hydrogen) atoms. The first-order valence-corrected chi connectivity index (χ1v) is 5.99. The molecule has 88 valence electrons. The minimum absolute atomic E-state index is 0.254. The van der Waals surface area contributed by atoms with Crippen molar-refractivity contribution in [3.8, 4) is 0 Å². The first-order valence-electron chi connectivity index (χ1n) is 5.99. The average molecular weight is 212 g/mol. The highest BCUT2D eigenvalue weighted by atomic mass is 16.6. The van der Waals surface area contributed by atoms with Crippen molar-refractivity contribution in [2.45, 2.75) is 64.9 Å². The molecular weight excluding hydrogens is 188 g/mol. The summed E-state index contributed by atoms with van der Waals surface area (Å²) < 4.78 is 5.52. The molecule has 0 bridgehead atoms. The quantitative estimate of drug-likeness (QED) is 0.451. The minimum atomic E-state index is -0.290. The van der Waals surface area contributed by atoms with Crippen LogP contribution in [0, 0.1) is 0 Å². The molecule has 0 aromatic rings. The summed E-state index contributed by atoms with van der Waals surface area (Å²) in [5.74, 6) is -0.290. The van der Waals surface area contributed by atoms with E-state index in [2.05, 4.69) is 27.4 Å². The van der Waals surface area contributed by atoms with Gasteiger partial charge in [0, 0.05) is 6.08 Å². The van der Waals surface area contributed by atoms with E-state index in [9.17, 15) is 4.79 Å². The molecule has 0 heterocycles. The molecule has 0 spiro atoms. The maximum atomic E-state index is 11.3. The van der Waals surface area contributed by atoms with Crippen LogP contribution in [0.5, 0.6) is 0 Å². The molecular formula is C13H24O2. The summed E-state index contributed by atoms with van der Waals surface area (Å²) in [6.07, 6.45) is 7.35. The monoisotopic (exact) mass is 212 g/mol. The third kappa shape index (κ3) is 5.01. The zero-order valence-electron chi connectivity index (χ0n) is 10.3. The van der Waals surface area contributed by atoms with E-state index in [1.165, 1.54) is 6.08 Å². The van der Waals surface area contributed by atoms with Crippen molar-refractivity contribution in [1.29, 1.82) is 0 Å². The summed E-state index contributed by atoms with van der Waals surface area (Å²) in [4.78, 5) is 11.3. The minimum Gasteiger partial charge on any atom is -0.456 e. The van der Waals surface area contributed by atoms with E-state index in [1.807, 2.05) is 0 Å². The number of unbranched alkanes of at least 4 members (excludes halogenated alkanes) is 1. The van der Waals surface area contributed by atoms with E-state index in [-0.39, 0.29) is 11.6 Å². The molecule has 0 rings (SSSR count). The van der Waals surface area contributed by atoms with Gasteiger partial charge in [0.25, 0.3) is 0 Å². The van der Waals surface area contributed by atoms with Crippen molar-refractivity contribution in [3.63, 3.8) is 0 Å². The van der Waals surface area contributed by atoms with Crippen molar-refractivity contribution in [2.75, 3.05) is 0 Å². The molecule has 0 aromatic heterocycles. The Morgan fingerprint density at radius 3 is 2.33 bits per heavy atom. The van der Waals surface area contributed by atoms with Crippen molar-refractivity contribution >= 4 is 5.97 Å². The van der Waals surface area contributed by atoms with Crippen LogP contribution >= 0.6 is 0 Å². The first kappa shape index (κ1) is 14.2. The van der Waals surface area contributed by atoms with Gasteiger partial charge in [-0.15, -0.1) is 0 Å². The van der Waals surface area contributed by atoms with Crippen LogP contribution in [0.4, 0.5) is 0 Å². The van der Waals surface area contributed by atoms with Gasteiger partial charge in [-0.05, 0) is 25.7 Å². The van der Waals surface area contributed by atoms with Crippen LogP contribution in [0.2, 0.25) is 0 Å². The van der Waals surface area contributed by atoms with Crippen molar-refractivity contribution < 1.29 is 9.53 Å². The van der Waals surface area contributed by atoms with Crippen molar-refractivity contribution in [1.82, 2.24) is 0 Å². The van der Waals surface area contributed by atoms with Gasteiger partial charge in [0.1, 0.15) is 5.60 Å². The molecule has 0 aliphatic rings. The highest BCUT2D eigenvalue weighted by Gasteiger charge is 2.29. The second-order valence-corrected chi connectivity index (χ2v) is 4.02. The summed E-state index contributed by atoms with van der Waals surface area (Å²) >= 11 is 0. The zero-order chi connectivity index (χ0) is 11.7. The fraction of sp³-hybridized carbons (Fsp3) is 0.769. The maximum Gasteiger partial charge on any atom is 0.330 e. The fourth-order valence-corrected chi connectivity index (χ4v) is 1.86. The third-order valence-electron chi connectivity index (χ3n) is 2.82. The lowest BCUT2D eigenvalue weighted by Crippen LogP contribution is -2.34. The Kier molecular flexibility index (Phi) is 7.10. The van der Waals surface area contributed by atoms with Gasteiger partial charge < -0.3 is 4.74 Å². The van der Waals surface area contributed by atoms with Crippen LogP contribution in [0.1, 0.15) is 59.3 Å². The van der Waals surface area contributed by atoms with Crippen LogP contribution in [0.25, 0.3) is 0 Å². The Balaban J connectivity index is 4.47. The number of ether oxygens (including phenoxy) is 1. The molecule has 1 unspecified atom stereocenters. The van der Waals surface area contributed by atoms with Gasteiger partial charge in [0.15, 0.2) is 0 Å². The fourth-order valence-electron chi connectivity index (χ4n) is 1.86. The summed E-state index contributed by atoms with van der Waals surface area (Å²) in [5.41, 5.74) is -0.254. The zero-order valence-corrected chi connectivity index (χ0v) is 10.3. The molecule has 0 saturated carbocycles. The molecule has 0 amide bonds. The van der Waals surface area contributed by atoms with E-state index >= 15 is 0 Å². The number of rotatable bonds is 8. The van der Waals surface area contributed by atoms with Gasteiger partial charge in [0.05, 0.1) is 0 Å². The highest BCUT2D eigenvalue weighted by Crippen LogP contribution is 2.29. The van der Waals surface area contributed by atoms with E-state index < -0.39 is 0 Å². The van der Waals surface area contributed by atoms with Gasteiger partial charge in [-0.2, -0.15) is 0 Å². The highest BCUT2D eigenvalue weighted by molar-refractivity contribution is 5.81. The standard InChI is InChI=1S/C13H24O2/c1-5-9-11-13(8-4,10-6-2)15-12(14)7-3/h7H,3,5-6,8-11H2,1-2,4H3. The number of hydrogen-bond donors (Lipinski definition) is 0. The summed E-state index contributed by atoms with van der Waals surface area (Å²) in [6.45, 7) is 9.81. The number of carbonyl (C=O) groups is 1. The van der Waals surface area contributed by atoms with Gasteiger partial charge in [-0.3, -0.25) is 0 Å². The van der Waals surface area contributed by atoms with Crippen LogP contribution in [-0.2, 0) is 9.53 Å². The van der Waals surface area contributed by atoms with Crippen molar-refractivity contribution in [2.24, 2.45) is 0 Å². The molecule has 0 aliphatic heterocycles. The average Bonchev–Trinajstić information content (AvgIpc) is 2.26. The summed E-state index contributed by atoms with van der Waals surface area (Å²) in [7, 11) is 0. The molecule has 0 N–H and O–H groups in total. The lowest BCUT2D eigenvalue weighted by Gasteiger charge is -2.32. The summed E-state index contributed by atoms with van der Waals surface area (Å²) in [6, 6.07) is 0. The Labute approximate surface area is 93.7 Å². The molecule has 0 fully saturated rings. The Morgan fingerprint density at radius 2 is 1.93 bits per heavy atom.